The zero-order chi connectivity index (χ0) is 22.5. The number of hydrogen-bond acceptors (Lipinski definition) is 9. The van der Waals surface area contributed by atoms with Gasteiger partial charge in [-0.3, -0.25) is 4.79 Å². The Bertz CT molecular complexity index is 990. The lowest BCUT2D eigenvalue weighted by Gasteiger charge is -2.30. The molecule has 2 aliphatic heterocycles. The van der Waals surface area contributed by atoms with Crippen LogP contribution in [0.2, 0.25) is 0 Å². The number of aliphatic hydroxyl groups excluding tert-OH is 1. The Morgan fingerprint density at radius 1 is 1.22 bits per heavy atom. The molecule has 32 heavy (non-hydrogen) atoms. The van der Waals surface area contributed by atoms with Gasteiger partial charge in [-0.05, 0) is 30.7 Å². The Morgan fingerprint density at radius 3 is 2.84 bits per heavy atom. The number of aliphatic hydroxyl groups is 1. The van der Waals surface area contributed by atoms with Crippen molar-refractivity contribution in [3.05, 3.63) is 53.1 Å². The van der Waals surface area contributed by atoms with Gasteiger partial charge in [0.15, 0.2) is 6.10 Å². The normalized spacial score (nSPS) is 22.7. The monoisotopic (exact) mass is 442 g/mol. The SMILES string of the molecule is COc1cccc(CNC(=O)c2cc(C3=NO[C@@H]([C@H]4CO[C@H](CO)CO4)C3)nc(C)n2)c1. The number of nitrogens with zero attached hydrogens (tertiary/aromatic N) is 3. The van der Waals surface area contributed by atoms with E-state index < -0.39 is 0 Å². The standard InChI is InChI=1S/C22H26N4O6/c1-13-24-17(18-8-20(32-26-18)21-12-30-16(10-27)11-31-21)7-19(25-13)22(28)23-9-14-4-3-5-15(6-14)29-2/h3-7,16,20-21,27H,8-12H2,1-2H3,(H,23,28)/t16-,20-,21-/m1/s1. The Balaban J connectivity index is 1.38. The molecule has 1 aromatic carbocycles. The van der Waals surface area contributed by atoms with E-state index in [2.05, 4.69) is 20.4 Å². The van der Waals surface area contributed by atoms with Crippen LogP contribution in [-0.4, -0.2) is 71.9 Å². The van der Waals surface area contributed by atoms with Gasteiger partial charge in [0.1, 0.15) is 35.2 Å². The number of hydrogen-bond donors (Lipinski definition) is 2. The lowest BCUT2D eigenvalue weighted by molar-refractivity contribution is -0.178. The van der Waals surface area contributed by atoms with Crippen LogP contribution in [0, 0.1) is 6.92 Å². The van der Waals surface area contributed by atoms with Crippen LogP contribution < -0.4 is 10.1 Å². The molecule has 2 aromatic rings. The van der Waals surface area contributed by atoms with Crippen LogP contribution in [0.25, 0.3) is 0 Å². The fourth-order valence-electron chi connectivity index (χ4n) is 3.51. The van der Waals surface area contributed by atoms with E-state index in [0.29, 0.717) is 43.4 Å². The summed E-state index contributed by atoms with van der Waals surface area (Å²) in [7, 11) is 1.60. The molecule has 1 aromatic heterocycles. The summed E-state index contributed by atoms with van der Waals surface area (Å²) < 4.78 is 16.5. The number of oxime groups is 1. The highest BCUT2D eigenvalue weighted by molar-refractivity contribution is 6.02. The maximum Gasteiger partial charge on any atom is 0.270 e. The van der Waals surface area contributed by atoms with Crippen molar-refractivity contribution in [1.82, 2.24) is 15.3 Å². The quantitative estimate of drug-likeness (QED) is 0.651. The van der Waals surface area contributed by atoms with Gasteiger partial charge >= 0.3 is 0 Å². The summed E-state index contributed by atoms with van der Waals surface area (Å²) in [6.07, 6.45) is -0.437. The van der Waals surface area contributed by atoms with Crippen LogP contribution in [0.15, 0.2) is 35.5 Å². The lowest BCUT2D eigenvalue weighted by Crippen LogP contribution is -2.43. The second kappa shape index (κ2) is 10.0. The predicted octanol–water partition coefficient (Wildman–Crippen LogP) is 0.993. The fourth-order valence-corrected chi connectivity index (χ4v) is 3.51. The smallest absolute Gasteiger partial charge is 0.270 e. The number of nitrogens with one attached hydrogen (secondary N) is 1. The first-order chi connectivity index (χ1) is 15.6. The van der Waals surface area contributed by atoms with Gasteiger partial charge in [-0.15, -0.1) is 0 Å². The number of rotatable bonds is 7. The molecule has 1 fully saturated rings. The summed E-state index contributed by atoms with van der Waals surface area (Å²) in [6, 6.07) is 9.09. The Hall–Kier alpha value is -3.08. The molecule has 0 spiro atoms. The van der Waals surface area contributed by atoms with Crippen molar-refractivity contribution >= 4 is 11.6 Å². The van der Waals surface area contributed by atoms with E-state index in [-0.39, 0.29) is 36.5 Å². The van der Waals surface area contributed by atoms with Crippen LogP contribution in [-0.2, 0) is 20.9 Å². The molecular formula is C22H26N4O6. The highest BCUT2D eigenvalue weighted by Crippen LogP contribution is 2.23. The summed E-state index contributed by atoms with van der Waals surface area (Å²) >= 11 is 0. The van der Waals surface area contributed by atoms with E-state index in [0.717, 1.165) is 11.3 Å². The molecule has 0 saturated carbocycles. The number of aryl methyl sites for hydroxylation is 1. The van der Waals surface area contributed by atoms with Crippen molar-refractivity contribution in [2.75, 3.05) is 26.9 Å². The zero-order valence-corrected chi connectivity index (χ0v) is 18.0. The third-order valence-corrected chi connectivity index (χ3v) is 5.26. The molecule has 4 rings (SSSR count). The van der Waals surface area contributed by atoms with E-state index >= 15 is 0 Å². The molecule has 170 valence electrons. The Labute approximate surface area is 185 Å². The minimum atomic E-state index is -0.315. The Kier molecular flexibility index (Phi) is 6.93. The number of ether oxygens (including phenoxy) is 3. The summed E-state index contributed by atoms with van der Waals surface area (Å²) in [5, 5.41) is 16.2. The summed E-state index contributed by atoms with van der Waals surface area (Å²) in [5.41, 5.74) is 2.33. The number of amides is 1. The topological polar surface area (TPSA) is 124 Å². The largest absolute Gasteiger partial charge is 0.497 e. The molecule has 1 amide bonds. The van der Waals surface area contributed by atoms with Crippen LogP contribution in [0.4, 0.5) is 0 Å². The van der Waals surface area contributed by atoms with E-state index in [4.69, 9.17) is 24.2 Å². The number of aromatic nitrogens is 2. The molecule has 0 bridgehead atoms. The molecule has 2 aliphatic rings. The predicted molar refractivity (Wildman–Crippen MR) is 114 cm³/mol. The second-order valence-electron chi connectivity index (χ2n) is 7.62. The summed E-state index contributed by atoms with van der Waals surface area (Å²) in [6.45, 7) is 2.61. The lowest BCUT2D eigenvalue weighted by atomic mass is 10.0. The maximum atomic E-state index is 12.7. The van der Waals surface area contributed by atoms with Crippen molar-refractivity contribution in [3.8, 4) is 5.75 Å². The number of carbonyl (C=O) groups excluding carboxylic acids is 1. The van der Waals surface area contributed by atoms with Crippen molar-refractivity contribution < 1.29 is 28.9 Å². The minimum absolute atomic E-state index is 0.0805. The fraction of sp³-hybridized carbons (Fsp3) is 0.455. The first kappa shape index (κ1) is 22.1. The van der Waals surface area contributed by atoms with Crippen molar-refractivity contribution in [1.29, 1.82) is 0 Å². The number of benzene rings is 1. The molecule has 2 N–H and O–H groups in total. The van der Waals surface area contributed by atoms with Crippen molar-refractivity contribution in [2.45, 2.75) is 38.2 Å². The van der Waals surface area contributed by atoms with Crippen LogP contribution >= 0.6 is 0 Å². The Morgan fingerprint density at radius 2 is 2.09 bits per heavy atom. The first-order valence-electron chi connectivity index (χ1n) is 10.4. The molecule has 0 unspecified atom stereocenters. The molecule has 1 saturated heterocycles. The molecule has 10 nitrogen and oxygen atoms in total. The van der Waals surface area contributed by atoms with Gasteiger partial charge in [0.25, 0.3) is 5.91 Å². The summed E-state index contributed by atoms with van der Waals surface area (Å²) in [5.74, 6) is 0.878. The van der Waals surface area contributed by atoms with Crippen LogP contribution in [0.5, 0.6) is 5.75 Å². The van der Waals surface area contributed by atoms with E-state index in [1.54, 1.807) is 20.1 Å². The third kappa shape index (κ3) is 5.21. The third-order valence-electron chi connectivity index (χ3n) is 5.26. The average Bonchev–Trinajstić information content (AvgIpc) is 3.33. The summed E-state index contributed by atoms with van der Waals surface area (Å²) in [4.78, 5) is 26.9. The molecule has 0 aliphatic carbocycles. The van der Waals surface area contributed by atoms with Gasteiger partial charge in [-0.2, -0.15) is 0 Å². The van der Waals surface area contributed by atoms with E-state index in [9.17, 15) is 4.79 Å². The first-order valence-corrected chi connectivity index (χ1v) is 10.4. The second-order valence-corrected chi connectivity index (χ2v) is 7.62. The number of methoxy groups -OCH3 is 1. The molecule has 3 atom stereocenters. The van der Waals surface area contributed by atoms with Gasteiger partial charge < -0.3 is 29.5 Å². The average molecular weight is 442 g/mol. The highest BCUT2D eigenvalue weighted by atomic mass is 16.7. The van der Waals surface area contributed by atoms with Crippen LogP contribution in [0.1, 0.15) is 34.0 Å². The minimum Gasteiger partial charge on any atom is -0.497 e. The van der Waals surface area contributed by atoms with Gasteiger partial charge in [-0.1, -0.05) is 17.3 Å². The number of carbonyl (C=O) groups is 1. The van der Waals surface area contributed by atoms with E-state index in [1.807, 2.05) is 24.3 Å². The maximum absolute atomic E-state index is 12.7. The van der Waals surface area contributed by atoms with Gasteiger partial charge in [0.05, 0.1) is 32.6 Å². The van der Waals surface area contributed by atoms with Gasteiger partial charge in [0, 0.05) is 13.0 Å². The highest BCUT2D eigenvalue weighted by Gasteiger charge is 2.35. The molecular weight excluding hydrogens is 416 g/mol. The van der Waals surface area contributed by atoms with E-state index in [1.165, 1.54) is 0 Å². The van der Waals surface area contributed by atoms with Crippen molar-refractivity contribution in [3.63, 3.8) is 0 Å². The zero-order valence-electron chi connectivity index (χ0n) is 18.0. The molecule has 3 heterocycles. The molecule has 0 radical (unpaired) electrons. The van der Waals surface area contributed by atoms with Crippen LogP contribution in [0.3, 0.4) is 0 Å². The van der Waals surface area contributed by atoms with Gasteiger partial charge in [-0.25, -0.2) is 9.97 Å². The molecule has 10 heteroatoms. The van der Waals surface area contributed by atoms with Gasteiger partial charge in [0.2, 0.25) is 0 Å². The van der Waals surface area contributed by atoms with Crippen molar-refractivity contribution in [2.24, 2.45) is 5.16 Å².